The Bertz CT molecular complexity index is 421. The number of benzene rings is 1. The highest BCUT2D eigenvalue weighted by atomic mass is 79.9. The Kier molecular flexibility index (Phi) is 6.15. The first-order valence-corrected chi connectivity index (χ1v) is 7.70. The van der Waals surface area contributed by atoms with E-state index in [2.05, 4.69) is 51.0 Å². The lowest BCUT2D eigenvalue weighted by Crippen LogP contribution is -2.37. The third kappa shape index (κ3) is 4.61. The molecule has 0 aliphatic rings. The molecule has 0 aliphatic carbocycles. The van der Waals surface area contributed by atoms with E-state index in [9.17, 15) is 9.90 Å². The lowest BCUT2D eigenvalue weighted by Gasteiger charge is -2.18. The molecule has 1 amide bonds. The van der Waals surface area contributed by atoms with Crippen molar-refractivity contribution in [1.29, 1.82) is 0 Å². The van der Waals surface area contributed by atoms with Crippen LogP contribution in [0.5, 0.6) is 5.75 Å². The molecule has 0 bridgehead atoms. The third-order valence-electron chi connectivity index (χ3n) is 2.48. The number of aromatic hydroxyl groups is 1. The van der Waals surface area contributed by atoms with Crippen molar-refractivity contribution in [3.8, 4) is 5.75 Å². The predicted octanol–water partition coefficient (Wildman–Crippen LogP) is 3.69. The molecule has 1 atom stereocenters. The summed E-state index contributed by atoms with van der Waals surface area (Å²) in [4.78, 5) is 12.0. The summed E-state index contributed by atoms with van der Waals surface area (Å²) in [6, 6.07) is 4.93. The van der Waals surface area contributed by atoms with Crippen molar-refractivity contribution in [3.63, 3.8) is 0 Å². The summed E-state index contributed by atoms with van der Waals surface area (Å²) in [5, 5.41) is 13.3. The van der Waals surface area contributed by atoms with Crippen LogP contribution in [0.15, 0.2) is 22.7 Å². The van der Waals surface area contributed by atoms with Gasteiger partial charge in [-0.25, -0.2) is 0 Å². The number of alkyl halides is 1. The van der Waals surface area contributed by atoms with E-state index in [4.69, 9.17) is 0 Å². The predicted molar refractivity (Wildman–Crippen MR) is 80.3 cm³/mol. The van der Waals surface area contributed by atoms with Crippen LogP contribution in [0.3, 0.4) is 0 Å². The summed E-state index contributed by atoms with van der Waals surface area (Å²) in [5.74, 6) is 0.246. The number of hydrogen-bond acceptors (Lipinski definition) is 2. The molecule has 0 saturated carbocycles. The maximum atomic E-state index is 12.0. The average molecular weight is 379 g/mol. The van der Waals surface area contributed by atoms with Gasteiger partial charge in [0.15, 0.2) is 0 Å². The molecule has 0 aromatic heterocycles. The molecule has 0 aliphatic heterocycles. The van der Waals surface area contributed by atoms with Crippen LogP contribution in [0.4, 0.5) is 0 Å². The van der Waals surface area contributed by atoms with Gasteiger partial charge in [-0.3, -0.25) is 4.79 Å². The zero-order valence-corrected chi connectivity index (χ0v) is 13.6. The van der Waals surface area contributed by atoms with Crippen molar-refractivity contribution >= 4 is 37.8 Å². The molecule has 0 heterocycles. The molecule has 0 saturated heterocycles. The molecule has 3 nitrogen and oxygen atoms in total. The van der Waals surface area contributed by atoms with Crippen LogP contribution < -0.4 is 5.32 Å². The fraction of sp³-hybridized carbons (Fsp3) is 0.462. The topological polar surface area (TPSA) is 49.3 Å². The summed E-state index contributed by atoms with van der Waals surface area (Å²) in [6.45, 7) is 4.22. The van der Waals surface area contributed by atoms with Gasteiger partial charge in [-0.15, -0.1) is 0 Å². The Balaban J connectivity index is 2.74. The van der Waals surface area contributed by atoms with Gasteiger partial charge < -0.3 is 10.4 Å². The fourth-order valence-electron chi connectivity index (χ4n) is 1.69. The van der Waals surface area contributed by atoms with E-state index < -0.39 is 0 Å². The molecule has 1 unspecified atom stereocenters. The maximum Gasteiger partial charge on any atom is 0.255 e. The molecular weight excluding hydrogens is 362 g/mol. The molecule has 100 valence electrons. The van der Waals surface area contributed by atoms with Crippen LogP contribution in [0.2, 0.25) is 0 Å². The monoisotopic (exact) mass is 377 g/mol. The molecule has 1 aromatic carbocycles. The molecule has 0 spiro atoms. The van der Waals surface area contributed by atoms with Gasteiger partial charge in [0.1, 0.15) is 5.75 Å². The number of amides is 1. The van der Waals surface area contributed by atoms with Crippen molar-refractivity contribution in [2.75, 3.05) is 5.33 Å². The maximum absolute atomic E-state index is 12.0. The largest absolute Gasteiger partial charge is 0.507 e. The van der Waals surface area contributed by atoms with Crippen LogP contribution >= 0.6 is 31.9 Å². The summed E-state index contributed by atoms with van der Waals surface area (Å²) < 4.78 is 0.746. The Morgan fingerprint density at radius 2 is 2.11 bits per heavy atom. The fourth-order valence-corrected chi connectivity index (χ4v) is 2.46. The standard InChI is InChI=1S/C13H17Br2NO2/c1-8(2)5-10(7-14)16-13(18)11-4-3-9(15)6-12(11)17/h3-4,6,8,10,17H,5,7H2,1-2H3,(H,16,18). The summed E-state index contributed by atoms with van der Waals surface area (Å²) >= 11 is 6.63. The van der Waals surface area contributed by atoms with Crippen LogP contribution in [-0.2, 0) is 0 Å². The minimum Gasteiger partial charge on any atom is -0.507 e. The SMILES string of the molecule is CC(C)CC(CBr)NC(=O)c1ccc(Br)cc1O. The van der Waals surface area contributed by atoms with Gasteiger partial charge in [0, 0.05) is 15.8 Å². The molecule has 0 fully saturated rings. The highest BCUT2D eigenvalue weighted by molar-refractivity contribution is 9.10. The van der Waals surface area contributed by atoms with Gasteiger partial charge in [-0.2, -0.15) is 0 Å². The lowest BCUT2D eigenvalue weighted by atomic mass is 10.0. The number of nitrogens with one attached hydrogen (secondary N) is 1. The van der Waals surface area contributed by atoms with Gasteiger partial charge >= 0.3 is 0 Å². The minimum atomic E-state index is -0.245. The molecule has 1 aromatic rings. The second-order valence-corrected chi connectivity index (χ2v) is 6.18. The van der Waals surface area contributed by atoms with Crippen molar-refractivity contribution in [3.05, 3.63) is 28.2 Å². The minimum absolute atomic E-state index is 0.0141. The van der Waals surface area contributed by atoms with Gasteiger partial charge in [0.2, 0.25) is 0 Å². The molecular formula is C13H17Br2NO2. The first kappa shape index (κ1) is 15.5. The Labute approximate surface area is 124 Å². The van der Waals surface area contributed by atoms with Crippen molar-refractivity contribution in [2.24, 2.45) is 5.92 Å². The van der Waals surface area contributed by atoms with E-state index in [1.807, 2.05) is 0 Å². The highest BCUT2D eigenvalue weighted by Gasteiger charge is 2.16. The van der Waals surface area contributed by atoms with E-state index in [1.165, 1.54) is 6.07 Å². The third-order valence-corrected chi connectivity index (χ3v) is 3.76. The second kappa shape index (κ2) is 7.14. The normalized spacial score (nSPS) is 12.5. The van der Waals surface area contributed by atoms with E-state index in [0.29, 0.717) is 16.8 Å². The quantitative estimate of drug-likeness (QED) is 0.767. The van der Waals surface area contributed by atoms with Crippen molar-refractivity contribution in [2.45, 2.75) is 26.3 Å². The van der Waals surface area contributed by atoms with Crippen LogP contribution in [0.1, 0.15) is 30.6 Å². The second-order valence-electron chi connectivity index (χ2n) is 4.62. The number of carbonyl (C=O) groups is 1. The number of rotatable bonds is 5. The van der Waals surface area contributed by atoms with Gasteiger partial charge in [0.25, 0.3) is 5.91 Å². The zero-order chi connectivity index (χ0) is 13.7. The Hall–Kier alpha value is -0.550. The van der Waals surface area contributed by atoms with Gasteiger partial charge in [-0.05, 0) is 30.5 Å². The smallest absolute Gasteiger partial charge is 0.255 e. The number of phenolic OH excluding ortho intramolecular Hbond substituents is 1. The molecule has 2 N–H and O–H groups in total. The average Bonchev–Trinajstić information content (AvgIpc) is 2.27. The van der Waals surface area contributed by atoms with Crippen molar-refractivity contribution < 1.29 is 9.90 Å². The molecule has 18 heavy (non-hydrogen) atoms. The Morgan fingerprint density at radius 3 is 2.61 bits per heavy atom. The van der Waals surface area contributed by atoms with E-state index in [-0.39, 0.29) is 17.7 Å². The van der Waals surface area contributed by atoms with Gasteiger partial charge in [-0.1, -0.05) is 45.7 Å². The van der Waals surface area contributed by atoms with Crippen LogP contribution in [0, 0.1) is 5.92 Å². The summed E-state index contributed by atoms with van der Waals surface area (Å²) in [6.07, 6.45) is 0.897. The highest BCUT2D eigenvalue weighted by Crippen LogP contribution is 2.22. The van der Waals surface area contributed by atoms with E-state index in [1.54, 1.807) is 12.1 Å². The lowest BCUT2D eigenvalue weighted by molar-refractivity contribution is 0.0934. The summed E-state index contributed by atoms with van der Waals surface area (Å²) in [5.41, 5.74) is 0.299. The molecule has 1 rings (SSSR count). The first-order chi connectivity index (χ1) is 8.43. The number of phenols is 1. The first-order valence-electron chi connectivity index (χ1n) is 5.79. The summed E-state index contributed by atoms with van der Waals surface area (Å²) in [7, 11) is 0. The van der Waals surface area contributed by atoms with Crippen LogP contribution in [-0.4, -0.2) is 22.4 Å². The van der Waals surface area contributed by atoms with Crippen molar-refractivity contribution in [1.82, 2.24) is 5.32 Å². The Morgan fingerprint density at radius 1 is 1.44 bits per heavy atom. The zero-order valence-electron chi connectivity index (χ0n) is 10.4. The number of hydrogen-bond donors (Lipinski definition) is 2. The molecule has 5 heteroatoms. The van der Waals surface area contributed by atoms with E-state index in [0.717, 1.165) is 10.9 Å². The number of carbonyl (C=O) groups excluding carboxylic acids is 1. The van der Waals surface area contributed by atoms with E-state index >= 15 is 0 Å². The van der Waals surface area contributed by atoms with Gasteiger partial charge in [0.05, 0.1) is 5.56 Å². The molecule has 0 radical (unpaired) electrons. The van der Waals surface area contributed by atoms with Crippen LogP contribution in [0.25, 0.3) is 0 Å². The number of halogens is 2.